The van der Waals surface area contributed by atoms with Crippen molar-refractivity contribution in [1.82, 2.24) is 25.1 Å². The van der Waals surface area contributed by atoms with E-state index in [2.05, 4.69) is 20.4 Å². The molecular formula is C17H21F3N6O. The highest BCUT2D eigenvalue weighted by Gasteiger charge is 2.32. The fourth-order valence-corrected chi connectivity index (χ4v) is 3.40. The molecule has 2 aromatic heterocycles. The molecule has 0 aliphatic carbocycles. The first-order valence-corrected chi connectivity index (χ1v) is 9.00. The molecule has 0 bridgehead atoms. The molecule has 2 aromatic rings. The molecule has 4 heterocycles. The molecule has 0 unspecified atom stereocenters. The second kappa shape index (κ2) is 7.43. The first-order chi connectivity index (χ1) is 13.0. The van der Waals surface area contributed by atoms with Gasteiger partial charge in [-0.3, -0.25) is 4.68 Å². The molecule has 2 aliphatic heterocycles. The molecule has 7 nitrogen and oxygen atoms in total. The number of alkyl halides is 3. The number of fused-ring (bicyclic) bond motifs is 1. The highest BCUT2D eigenvalue weighted by molar-refractivity contribution is 5.33. The van der Waals surface area contributed by atoms with Crippen molar-refractivity contribution in [3.05, 3.63) is 35.4 Å². The molecule has 2 aliphatic rings. The lowest BCUT2D eigenvalue weighted by Gasteiger charge is -2.27. The van der Waals surface area contributed by atoms with Crippen molar-refractivity contribution in [2.75, 3.05) is 24.6 Å². The molecule has 0 aromatic carbocycles. The van der Waals surface area contributed by atoms with Gasteiger partial charge in [0.2, 0.25) is 5.95 Å². The van der Waals surface area contributed by atoms with Gasteiger partial charge < -0.3 is 15.0 Å². The van der Waals surface area contributed by atoms with E-state index in [1.807, 2.05) is 15.6 Å². The number of aromatic nitrogens is 4. The van der Waals surface area contributed by atoms with E-state index >= 15 is 0 Å². The summed E-state index contributed by atoms with van der Waals surface area (Å²) in [4.78, 5) is 9.60. The third kappa shape index (κ3) is 4.22. The molecule has 4 rings (SSSR count). The van der Waals surface area contributed by atoms with Crippen LogP contribution < -0.4 is 10.2 Å². The minimum absolute atomic E-state index is 0.292. The maximum absolute atomic E-state index is 12.6. The second-order valence-corrected chi connectivity index (χ2v) is 6.85. The first kappa shape index (κ1) is 18.2. The Bertz CT molecular complexity index is 770. The Labute approximate surface area is 154 Å². The predicted molar refractivity (Wildman–Crippen MR) is 91.0 cm³/mol. The molecule has 0 amide bonds. The van der Waals surface area contributed by atoms with Crippen LogP contribution in [0, 0.1) is 0 Å². The summed E-state index contributed by atoms with van der Waals surface area (Å²) in [6, 6.07) is 2.40. The summed E-state index contributed by atoms with van der Waals surface area (Å²) in [6.45, 7) is 3.90. The third-order valence-corrected chi connectivity index (χ3v) is 4.83. The molecule has 1 N–H and O–H groups in total. The SMILES string of the molecule is FC(F)(F)c1cnc(N2CCn3nc(COC[C@@H]4CCCN4)cc3C2)nc1. The van der Waals surface area contributed by atoms with Gasteiger partial charge in [0.15, 0.2) is 0 Å². The smallest absolute Gasteiger partial charge is 0.373 e. The minimum Gasteiger partial charge on any atom is -0.373 e. The molecule has 1 fully saturated rings. The van der Waals surface area contributed by atoms with E-state index in [1.165, 1.54) is 6.42 Å². The van der Waals surface area contributed by atoms with E-state index < -0.39 is 11.7 Å². The summed E-state index contributed by atoms with van der Waals surface area (Å²) in [5.41, 5.74) is 0.991. The summed E-state index contributed by atoms with van der Waals surface area (Å²) in [5, 5.41) is 7.93. The lowest BCUT2D eigenvalue weighted by Crippen LogP contribution is -2.35. The van der Waals surface area contributed by atoms with Crippen LogP contribution in [0.1, 0.15) is 29.8 Å². The lowest BCUT2D eigenvalue weighted by atomic mass is 10.2. The fraction of sp³-hybridized carbons (Fsp3) is 0.588. The maximum atomic E-state index is 12.6. The summed E-state index contributed by atoms with van der Waals surface area (Å²) in [5.74, 6) is 0.292. The summed E-state index contributed by atoms with van der Waals surface area (Å²) < 4.78 is 45.6. The monoisotopic (exact) mass is 382 g/mol. The van der Waals surface area contributed by atoms with Crippen molar-refractivity contribution in [2.24, 2.45) is 0 Å². The average molecular weight is 382 g/mol. The number of nitrogens with zero attached hydrogens (tertiary/aromatic N) is 5. The number of hydrogen-bond acceptors (Lipinski definition) is 6. The van der Waals surface area contributed by atoms with E-state index in [-0.39, 0.29) is 0 Å². The standard InChI is InChI=1S/C17H21F3N6O/c18-17(19,20)12-7-22-16(23-8-12)25-4-5-26-15(9-25)6-14(24-26)11-27-10-13-2-1-3-21-13/h6-8,13,21H,1-5,9-11H2/t13-/m0/s1. The highest BCUT2D eigenvalue weighted by atomic mass is 19.4. The fourth-order valence-electron chi connectivity index (χ4n) is 3.40. The number of hydrogen-bond donors (Lipinski definition) is 1. The van der Waals surface area contributed by atoms with Crippen molar-refractivity contribution < 1.29 is 17.9 Å². The Hall–Kier alpha value is -2.20. The number of ether oxygens (including phenoxy) is 1. The first-order valence-electron chi connectivity index (χ1n) is 9.00. The van der Waals surface area contributed by atoms with Gasteiger partial charge in [-0.25, -0.2) is 9.97 Å². The quantitative estimate of drug-likeness (QED) is 0.853. The number of halogens is 3. The van der Waals surface area contributed by atoms with Crippen LogP contribution in [0.3, 0.4) is 0 Å². The summed E-state index contributed by atoms with van der Waals surface area (Å²) in [7, 11) is 0. The minimum atomic E-state index is -4.43. The molecule has 0 saturated carbocycles. The summed E-state index contributed by atoms with van der Waals surface area (Å²) >= 11 is 0. The maximum Gasteiger partial charge on any atom is 0.419 e. The van der Waals surface area contributed by atoms with Crippen LogP contribution in [0.4, 0.5) is 19.1 Å². The van der Waals surface area contributed by atoms with Gasteiger partial charge in [-0.2, -0.15) is 18.3 Å². The van der Waals surface area contributed by atoms with Gasteiger partial charge in [-0.1, -0.05) is 0 Å². The van der Waals surface area contributed by atoms with Gasteiger partial charge in [0, 0.05) is 25.0 Å². The zero-order chi connectivity index (χ0) is 18.9. The molecule has 0 radical (unpaired) electrons. The van der Waals surface area contributed by atoms with E-state index in [4.69, 9.17) is 4.74 Å². The van der Waals surface area contributed by atoms with Gasteiger partial charge >= 0.3 is 6.18 Å². The molecule has 1 atom stereocenters. The number of anilines is 1. The number of rotatable bonds is 5. The Morgan fingerprint density at radius 3 is 2.74 bits per heavy atom. The van der Waals surface area contributed by atoms with Crippen LogP contribution in [-0.2, 0) is 30.6 Å². The van der Waals surface area contributed by atoms with E-state index in [0.717, 1.165) is 36.7 Å². The van der Waals surface area contributed by atoms with Crippen LogP contribution in [0.5, 0.6) is 0 Å². The normalized spacial score (nSPS) is 20.1. The van der Waals surface area contributed by atoms with Crippen LogP contribution >= 0.6 is 0 Å². The zero-order valence-corrected chi connectivity index (χ0v) is 14.7. The van der Waals surface area contributed by atoms with Crippen molar-refractivity contribution in [3.8, 4) is 0 Å². The Balaban J connectivity index is 1.36. The van der Waals surface area contributed by atoms with Crippen molar-refractivity contribution in [1.29, 1.82) is 0 Å². The van der Waals surface area contributed by atoms with Crippen molar-refractivity contribution in [3.63, 3.8) is 0 Å². The summed E-state index contributed by atoms with van der Waals surface area (Å²) in [6.07, 6.45) is -0.451. The average Bonchev–Trinajstić information content (AvgIpc) is 3.29. The second-order valence-electron chi connectivity index (χ2n) is 6.85. The Morgan fingerprint density at radius 2 is 2.04 bits per heavy atom. The van der Waals surface area contributed by atoms with Gasteiger partial charge in [0.05, 0.1) is 43.3 Å². The third-order valence-electron chi connectivity index (χ3n) is 4.83. The molecule has 1 saturated heterocycles. The predicted octanol–water partition coefficient (Wildman–Crippen LogP) is 1.98. The van der Waals surface area contributed by atoms with Crippen LogP contribution in [0.25, 0.3) is 0 Å². The molecular weight excluding hydrogens is 361 g/mol. The number of nitrogens with one attached hydrogen (secondary N) is 1. The van der Waals surface area contributed by atoms with Crippen LogP contribution in [0.2, 0.25) is 0 Å². The van der Waals surface area contributed by atoms with Gasteiger partial charge in [-0.15, -0.1) is 0 Å². The highest BCUT2D eigenvalue weighted by Crippen LogP contribution is 2.28. The lowest BCUT2D eigenvalue weighted by molar-refractivity contribution is -0.138. The largest absolute Gasteiger partial charge is 0.419 e. The van der Waals surface area contributed by atoms with Crippen LogP contribution in [-0.4, -0.2) is 45.5 Å². The van der Waals surface area contributed by atoms with Crippen LogP contribution in [0.15, 0.2) is 18.5 Å². The van der Waals surface area contributed by atoms with Gasteiger partial charge in [0.1, 0.15) is 0 Å². The van der Waals surface area contributed by atoms with Gasteiger partial charge in [0.25, 0.3) is 0 Å². The van der Waals surface area contributed by atoms with E-state index in [9.17, 15) is 13.2 Å². The van der Waals surface area contributed by atoms with Crippen molar-refractivity contribution in [2.45, 2.75) is 44.8 Å². The van der Waals surface area contributed by atoms with Gasteiger partial charge in [-0.05, 0) is 25.5 Å². The zero-order valence-electron chi connectivity index (χ0n) is 14.7. The van der Waals surface area contributed by atoms with E-state index in [1.54, 1.807) is 0 Å². The molecule has 27 heavy (non-hydrogen) atoms. The molecule has 146 valence electrons. The molecule has 0 spiro atoms. The topological polar surface area (TPSA) is 68.1 Å². The Kier molecular flexibility index (Phi) is 5.00. The van der Waals surface area contributed by atoms with Crippen molar-refractivity contribution >= 4 is 5.95 Å². The Morgan fingerprint density at radius 1 is 1.22 bits per heavy atom. The molecule has 10 heteroatoms. The van der Waals surface area contributed by atoms with E-state index in [0.29, 0.717) is 44.8 Å².